The molecular weight excluding hydrogens is 292 g/mol. The molecule has 0 aromatic carbocycles. The highest BCUT2D eigenvalue weighted by Crippen LogP contribution is 2.23. The molecule has 1 heterocycles. The van der Waals surface area contributed by atoms with Crippen LogP contribution in [0.3, 0.4) is 0 Å². The van der Waals surface area contributed by atoms with Crippen molar-refractivity contribution in [2.45, 2.75) is 30.0 Å². The summed E-state index contributed by atoms with van der Waals surface area (Å²) in [7, 11) is -5.07. The van der Waals surface area contributed by atoms with Crippen molar-refractivity contribution in [1.29, 1.82) is 0 Å². The summed E-state index contributed by atoms with van der Waals surface area (Å²) < 4.78 is 34.0. The maximum Gasteiger partial charge on any atom is 0.148 e. The number of rotatable bonds is 2. The van der Waals surface area contributed by atoms with Gasteiger partial charge in [0.25, 0.3) is 0 Å². The monoisotopic (exact) mass is 308 g/mol. The molecule has 1 rings (SSSR count). The van der Waals surface area contributed by atoms with Crippen LogP contribution in [0.1, 0.15) is 6.42 Å². The molecule has 0 bridgehead atoms. The number of hydrogen-bond donors (Lipinski definition) is 4. The van der Waals surface area contributed by atoms with Crippen LogP contribution in [0.2, 0.25) is 0 Å². The first-order valence-corrected chi connectivity index (χ1v) is 8.06. The van der Waals surface area contributed by atoms with Gasteiger partial charge in [0.2, 0.25) is 0 Å². The van der Waals surface area contributed by atoms with E-state index in [1.165, 1.54) is 0 Å². The van der Waals surface area contributed by atoms with E-state index in [0.717, 1.165) is 0 Å². The van der Waals surface area contributed by atoms with Crippen LogP contribution >= 0.6 is 0 Å². The predicted molar refractivity (Wildman–Crippen MR) is 51.7 cm³/mol. The molecular formula is C8H17ClO8S. The van der Waals surface area contributed by atoms with Crippen molar-refractivity contribution >= 4 is 10.9 Å². The van der Waals surface area contributed by atoms with E-state index in [4.69, 9.17) is 23.7 Å². The van der Waals surface area contributed by atoms with Crippen molar-refractivity contribution < 1.29 is 49.3 Å². The topological polar surface area (TPSA) is 173 Å². The molecule has 110 valence electrons. The predicted octanol–water partition coefficient (Wildman–Crippen LogP) is -6.67. The molecule has 1 aliphatic heterocycles. The summed E-state index contributed by atoms with van der Waals surface area (Å²) in [6, 6.07) is 0. The maximum atomic E-state index is 9.60. The normalized spacial score (nSPS) is 36.8. The van der Waals surface area contributed by atoms with Gasteiger partial charge in [-0.25, -0.2) is 18.6 Å². The molecule has 0 saturated carbocycles. The third kappa shape index (κ3) is 7.04. The largest absolute Gasteiger partial charge is 0.396 e. The van der Waals surface area contributed by atoms with Gasteiger partial charge in [-0.1, -0.05) is 0 Å². The van der Waals surface area contributed by atoms with Crippen molar-refractivity contribution in [1.82, 2.24) is 0 Å². The van der Waals surface area contributed by atoms with Crippen LogP contribution in [0.25, 0.3) is 0 Å². The highest BCUT2D eigenvalue weighted by Gasteiger charge is 2.46. The average molecular weight is 309 g/mol. The highest BCUT2D eigenvalue weighted by molar-refractivity contribution is 7.96. The fourth-order valence-corrected chi connectivity index (χ4v) is 3.80. The molecule has 4 N–H and O–H groups in total. The van der Waals surface area contributed by atoms with Gasteiger partial charge < -0.3 is 20.4 Å². The third-order valence-electron chi connectivity index (χ3n) is 2.49. The lowest BCUT2D eigenvalue weighted by molar-refractivity contribution is -2.00. The number of halogens is 1. The van der Waals surface area contributed by atoms with E-state index >= 15 is 0 Å². The molecule has 18 heavy (non-hydrogen) atoms. The summed E-state index contributed by atoms with van der Waals surface area (Å²) in [6.45, 7) is 0.0158. The Hall–Kier alpha value is 0.320. The zero-order valence-corrected chi connectivity index (χ0v) is 11.2. The zero-order valence-electron chi connectivity index (χ0n) is 9.64. The summed E-state index contributed by atoms with van der Waals surface area (Å²) in [5, 5.41) is 37.0. The van der Waals surface area contributed by atoms with E-state index in [2.05, 4.69) is 0 Å². The smallest absolute Gasteiger partial charge is 0.148 e. The van der Waals surface area contributed by atoms with Crippen molar-refractivity contribution in [3.05, 3.63) is 0 Å². The molecule has 1 saturated heterocycles. The van der Waals surface area contributed by atoms with Crippen LogP contribution < -0.4 is 18.6 Å². The Morgan fingerprint density at radius 3 is 1.94 bits per heavy atom. The van der Waals surface area contributed by atoms with Gasteiger partial charge in [-0.15, -0.1) is 10.2 Å². The van der Waals surface area contributed by atoms with E-state index in [-0.39, 0.29) is 22.8 Å². The minimum Gasteiger partial charge on any atom is -0.396 e. The Bertz CT molecular complexity index is 232. The van der Waals surface area contributed by atoms with Crippen LogP contribution in [0, 0.1) is 10.2 Å². The van der Waals surface area contributed by atoms with E-state index in [1.54, 1.807) is 0 Å². The van der Waals surface area contributed by atoms with E-state index in [1.807, 2.05) is 6.26 Å². The minimum atomic E-state index is -4.94. The summed E-state index contributed by atoms with van der Waals surface area (Å²) in [6.07, 6.45) is -0.341. The Kier molecular flexibility index (Phi) is 7.94. The van der Waals surface area contributed by atoms with Crippen LogP contribution in [0.4, 0.5) is 0 Å². The van der Waals surface area contributed by atoms with Crippen molar-refractivity contribution in [3.63, 3.8) is 0 Å². The Balaban J connectivity index is 0.000000494. The molecule has 8 nitrogen and oxygen atoms in total. The van der Waals surface area contributed by atoms with Crippen LogP contribution in [0.5, 0.6) is 0 Å². The molecule has 0 aromatic heterocycles. The fourth-order valence-electron chi connectivity index (χ4n) is 1.68. The van der Waals surface area contributed by atoms with Gasteiger partial charge in [-0.2, -0.15) is 0 Å². The third-order valence-corrected chi connectivity index (χ3v) is 4.90. The summed E-state index contributed by atoms with van der Waals surface area (Å²) in [5.74, 6) is 0.517. The van der Waals surface area contributed by atoms with Crippen molar-refractivity contribution in [3.8, 4) is 0 Å². The number of aliphatic hydroxyl groups is 4. The molecule has 1 aliphatic rings. The van der Waals surface area contributed by atoms with Crippen molar-refractivity contribution in [2.75, 3.05) is 18.6 Å². The standard InChI is InChI=1S/C8H17O4S.ClHO4/c1-13-4-5(10)7(11)8(12)6(13)2-3-9;2-1(3,4)5/h5-12H,2-4H2,1H3;(H,2,3,4,5)/q+1;/p-1/t5-,6+,7+,8+,13?;/m1./s1. The van der Waals surface area contributed by atoms with Crippen LogP contribution in [0.15, 0.2) is 0 Å². The van der Waals surface area contributed by atoms with E-state index < -0.39 is 28.6 Å². The maximum absolute atomic E-state index is 9.60. The van der Waals surface area contributed by atoms with Gasteiger partial charge >= 0.3 is 0 Å². The summed E-state index contributed by atoms with van der Waals surface area (Å²) in [5.41, 5.74) is 0. The molecule has 0 amide bonds. The van der Waals surface area contributed by atoms with Crippen LogP contribution in [-0.4, -0.2) is 62.6 Å². The van der Waals surface area contributed by atoms with Gasteiger partial charge in [0.1, 0.15) is 29.3 Å². The SMILES string of the molecule is C[S+]1C[C@@H](O)[C@H](O)[C@@H](O)[C@@H]1CCO.[O-][Cl+3]([O-])([O-])[O-]. The quantitative estimate of drug-likeness (QED) is 0.364. The zero-order chi connectivity index (χ0) is 14.5. The first kappa shape index (κ1) is 18.3. The minimum absolute atomic E-state index is 0.0158. The van der Waals surface area contributed by atoms with E-state index in [0.29, 0.717) is 12.2 Å². The second-order valence-electron chi connectivity index (χ2n) is 3.83. The first-order chi connectivity index (χ1) is 8.07. The lowest BCUT2D eigenvalue weighted by Gasteiger charge is -2.33. The van der Waals surface area contributed by atoms with Gasteiger partial charge in [0.15, 0.2) is 0 Å². The van der Waals surface area contributed by atoms with Gasteiger partial charge in [0.05, 0.1) is 6.26 Å². The van der Waals surface area contributed by atoms with Crippen molar-refractivity contribution in [2.24, 2.45) is 0 Å². The van der Waals surface area contributed by atoms with E-state index in [9.17, 15) is 15.3 Å². The molecule has 5 atom stereocenters. The van der Waals surface area contributed by atoms with Gasteiger partial charge in [-0.05, 0) is 10.9 Å². The first-order valence-electron chi connectivity index (χ1n) is 4.96. The summed E-state index contributed by atoms with van der Waals surface area (Å²) in [4.78, 5) is 0. The molecule has 1 fully saturated rings. The summed E-state index contributed by atoms with van der Waals surface area (Å²) >= 11 is 0. The second-order valence-corrected chi connectivity index (χ2v) is 6.91. The number of hydrogen-bond acceptors (Lipinski definition) is 8. The molecule has 1 unspecified atom stereocenters. The highest BCUT2D eigenvalue weighted by atomic mass is 35.7. The Morgan fingerprint density at radius 2 is 1.56 bits per heavy atom. The molecule has 0 aromatic rings. The average Bonchev–Trinajstić information content (AvgIpc) is 2.19. The Labute approximate surface area is 109 Å². The van der Waals surface area contributed by atoms with Crippen LogP contribution in [-0.2, 0) is 10.9 Å². The lowest BCUT2D eigenvalue weighted by Crippen LogP contribution is -2.68. The fraction of sp³-hybridized carbons (Fsp3) is 1.00. The Morgan fingerprint density at radius 1 is 1.11 bits per heavy atom. The van der Waals surface area contributed by atoms with Gasteiger partial charge in [0, 0.05) is 13.0 Å². The van der Waals surface area contributed by atoms with Gasteiger partial charge in [-0.3, -0.25) is 0 Å². The number of aliphatic hydroxyl groups excluding tert-OH is 4. The molecule has 0 radical (unpaired) electrons. The molecule has 0 aliphatic carbocycles. The second kappa shape index (κ2) is 7.80. The lowest BCUT2D eigenvalue weighted by atomic mass is 10.0. The molecule has 0 spiro atoms. The molecule has 10 heteroatoms.